The average Bonchev–Trinajstić information content (AvgIpc) is 2.84. The lowest BCUT2D eigenvalue weighted by molar-refractivity contribution is -0.00721. The van der Waals surface area contributed by atoms with Crippen molar-refractivity contribution in [3.8, 4) is 11.8 Å². The van der Waals surface area contributed by atoms with Gasteiger partial charge in [-0.15, -0.1) is 0 Å². The highest BCUT2D eigenvalue weighted by Crippen LogP contribution is 2.08. The SMILES string of the molecule is C=Cc1cccc(OCCOCCOCCOCCOCCOc2cccc(C=C)n2)n1. The summed E-state index contributed by atoms with van der Waals surface area (Å²) in [5.41, 5.74) is 1.56. The first kappa shape index (κ1) is 25.5. The molecule has 0 saturated carbocycles. The molecule has 0 fully saturated rings. The number of rotatable bonds is 19. The summed E-state index contributed by atoms with van der Waals surface area (Å²) in [5.74, 6) is 1.12. The highest BCUT2D eigenvalue weighted by atomic mass is 16.6. The Morgan fingerprint density at radius 3 is 1.22 bits per heavy atom. The molecule has 174 valence electrons. The van der Waals surface area contributed by atoms with Crippen molar-refractivity contribution in [1.82, 2.24) is 9.97 Å². The molecule has 0 radical (unpaired) electrons. The van der Waals surface area contributed by atoms with E-state index in [-0.39, 0.29) is 0 Å². The van der Waals surface area contributed by atoms with Crippen LogP contribution in [0.2, 0.25) is 0 Å². The van der Waals surface area contributed by atoms with Crippen LogP contribution >= 0.6 is 0 Å². The van der Waals surface area contributed by atoms with Gasteiger partial charge in [-0.2, -0.15) is 0 Å². The second-order valence-electron chi connectivity index (χ2n) is 6.36. The van der Waals surface area contributed by atoms with E-state index in [1.807, 2.05) is 24.3 Å². The summed E-state index contributed by atoms with van der Waals surface area (Å²) >= 11 is 0. The molecule has 8 nitrogen and oxygen atoms in total. The second-order valence-corrected chi connectivity index (χ2v) is 6.36. The largest absolute Gasteiger partial charge is 0.475 e. The Morgan fingerprint density at radius 1 is 0.531 bits per heavy atom. The third kappa shape index (κ3) is 11.6. The van der Waals surface area contributed by atoms with Crippen LogP contribution in [0.25, 0.3) is 12.2 Å². The molecule has 0 aliphatic carbocycles. The molecule has 0 bridgehead atoms. The van der Waals surface area contributed by atoms with Gasteiger partial charge < -0.3 is 28.4 Å². The summed E-state index contributed by atoms with van der Waals surface area (Å²) < 4.78 is 32.9. The Labute approximate surface area is 189 Å². The van der Waals surface area contributed by atoms with Crippen LogP contribution in [0.15, 0.2) is 49.6 Å². The van der Waals surface area contributed by atoms with E-state index >= 15 is 0 Å². The molecule has 0 unspecified atom stereocenters. The zero-order valence-corrected chi connectivity index (χ0v) is 18.4. The van der Waals surface area contributed by atoms with Gasteiger partial charge in [0.15, 0.2) is 0 Å². The Bertz CT molecular complexity index is 721. The monoisotopic (exact) mass is 444 g/mol. The van der Waals surface area contributed by atoms with E-state index < -0.39 is 0 Å². The predicted molar refractivity (Wildman–Crippen MR) is 123 cm³/mol. The smallest absolute Gasteiger partial charge is 0.213 e. The predicted octanol–water partition coefficient (Wildman–Crippen LogP) is 3.29. The van der Waals surface area contributed by atoms with Gasteiger partial charge in [-0.3, -0.25) is 0 Å². The highest BCUT2D eigenvalue weighted by molar-refractivity contribution is 5.42. The Kier molecular flexibility index (Phi) is 13.4. The summed E-state index contributed by atoms with van der Waals surface area (Å²) in [6.07, 6.45) is 3.35. The fourth-order valence-corrected chi connectivity index (χ4v) is 2.42. The fourth-order valence-electron chi connectivity index (χ4n) is 2.42. The zero-order valence-electron chi connectivity index (χ0n) is 18.4. The highest BCUT2D eigenvalue weighted by Gasteiger charge is 1.98. The minimum atomic E-state index is 0.430. The molecule has 2 aromatic rings. The molecule has 32 heavy (non-hydrogen) atoms. The van der Waals surface area contributed by atoms with Crippen molar-refractivity contribution in [2.24, 2.45) is 0 Å². The second kappa shape index (κ2) is 16.9. The Hall–Kier alpha value is -2.78. The molecule has 0 aromatic carbocycles. The minimum absolute atomic E-state index is 0.430. The molecule has 2 aromatic heterocycles. The van der Waals surface area contributed by atoms with Crippen molar-refractivity contribution < 1.29 is 28.4 Å². The van der Waals surface area contributed by atoms with Crippen molar-refractivity contribution >= 4 is 12.2 Å². The zero-order chi connectivity index (χ0) is 22.7. The number of ether oxygens (including phenoxy) is 6. The maximum atomic E-state index is 5.52. The van der Waals surface area contributed by atoms with Crippen LogP contribution in [0.1, 0.15) is 11.4 Å². The molecule has 0 spiro atoms. The van der Waals surface area contributed by atoms with E-state index in [0.29, 0.717) is 77.8 Å². The molecule has 2 rings (SSSR count). The lowest BCUT2D eigenvalue weighted by atomic mass is 10.3. The maximum Gasteiger partial charge on any atom is 0.213 e. The minimum Gasteiger partial charge on any atom is -0.475 e. The first-order valence-electron chi connectivity index (χ1n) is 10.6. The average molecular weight is 445 g/mol. The lowest BCUT2D eigenvalue weighted by Crippen LogP contribution is -2.15. The van der Waals surface area contributed by atoms with E-state index in [2.05, 4.69) is 23.1 Å². The van der Waals surface area contributed by atoms with Crippen molar-refractivity contribution in [3.05, 3.63) is 60.9 Å². The van der Waals surface area contributed by atoms with Crippen molar-refractivity contribution in [2.45, 2.75) is 0 Å². The molecule has 8 heteroatoms. The van der Waals surface area contributed by atoms with Gasteiger partial charge in [-0.05, 0) is 24.3 Å². The Morgan fingerprint density at radius 2 is 0.875 bits per heavy atom. The third-order valence-electron chi connectivity index (χ3n) is 3.98. The number of aromatic nitrogens is 2. The van der Waals surface area contributed by atoms with Gasteiger partial charge in [-0.25, -0.2) is 9.97 Å². The van der Waals surface area contributed by atoms with Crippen LogP contribution in [-0.2, 0) is 18.9 Å². The number of nitrogens with zero attached hydrogens (tertiary/aromatic N) is 2. The molecule has 0 amide bonds. The quantitative estimate of drug-likeness (QED) is 0.305. The summed E-state index contributed by atoms with van der Waals surface area (Å²) in [6, 6.07) is 11.1. The molecule has 2 heterocycles. The fraction of sp³-hybridized carbons (Fsp3) is 0.417. The normalized spacial score (nSPS) is 10.6. The van der Waals surface area contributed by atoms with Crippen LogP contribution in [0.4, 0.5) is 0 Å². The van der Waals surface area contributed by atoms with Gasteiger partial charge >= 0.3 is 0 Å². The van der Waals surface area contributed by atoms with E-state index in [9.17, 15) is 0 Å². The lowest BCUT2D eigenvalue weighted by Gasteiger charge is -2.09. The molecular weight excluding hydrogens is 412 g/mol. The van der Waals surface area contributed by atoms with Gasteiger partial charge in [0.2, 0.25) is 11.8 Å². The van der Waals surface area contributed by atoms with E-state index in [0.717, 1.165) is 11.4 Å². The molecule has 0 saturated heterocycles. The topological polar surface area (TPSA) is 81.2 Å². The van der Waals surface area contributed by atoms with Gasteiger partial charge in [0, 0.05) is 12.1 Å². The molecule has 0 aliphatic heterocycles. The number of hydrogen-bond acceptors (Lipinski definition) is 8. The number of pyridine rings is 2. The molecule has 0 N–H and O–H groups in total. The molecule has 0 aliphatic rings. The van der Waals surface area contributed by atoms with E-state index in [1.54, 1.807) is 24.3 Å². The number of hydrogen-bond donors (Lipinski definition) is 0. The first-order valence-corrected chi connectivity index (χ1v) is 10.6. The summed E-state index contributed by atoms with van der Waals surface area (Å²) in [5, 5.41) is 0. The van der Waals surface area contributed by atoms with Crippen molar-refractivity contribution in [1.29, 1.82) is 0 Å². The van der Waals surface area contributed by atoms with Gasteiger partial charge in [0.1, 0.15) is 13.2 Å². The van der Waals surface area contributed by atoms with E-state index in [1.165, 1.54) is 0 Å². The van der Waals surface area contributed by atoms with Crippen molar-refractivity contribution in [3.63, 3.8) is 0 Å². The van der Waals surface area contributed by atoms with Crippen LogP contribution in [0.3, 0.4) is 0 Å². The molecular formula is C24H32N2O6. The van der Waals surface area contributed by atoms with Gasteiger partial charge in [-0.1, -0.05) is 25.3 Å². The van der Waals surface area contributed by atoms with Crippen molar-refractivity contribution in [2.75, 3.05) is 66.1 Å². The van der Waals surface area contributed by atoms with Crippen LogP contribution in [0, 0.1) is 0 Å². The Balaban J connectivity index is 1.31. The molecule has 0 atom stereocenters. The summed E-state index contributed by atoms with van der Waals surface area (Å²) in [4.78, 5) is 8.52. The summed E-state index contributed by atoms with van der Waals surface area (Å²) in [7, 11) is 0. The summed E-state index contributed by atoms with van der Waals surface area (Å²) in [6.45, 7) is 12.2. The first-order chi connectivity index (χ1) is 15.8. The van der Waals surface area contributed by atoms with Gasteiger partial charge in [0.05, 0.1) is 64.2 Å². The van der Waals surface area contributed by atoms with Gasteiger partial charge in [0.25, 0.3) is 0 Å². The van der Waals surface area contributed by atoms with E-state index in [4.69, 9.17) is 28.4 Å². The third-order valence-corrected chi connectivity index (χ3v) is 3.98. The van der Waals surface area contributed by atoms with Crippen LogP contribution in [-0.4, -0.2) is 76.0 Å². The maximum absolute atomic E-state index is 5.52. The van der Waals surface area contributed by atoms with Crippen LogP contribution in [0.5, 0.6) is 11.8 Å². The standard InChI is InChI=1S/C24H32N2O6/c1-3-21-7-5-9-23(25-21)31-19-17-29-15-13-27-11-12-28-14-16-30-18-20-32-24-10-6-8-22(4-2)26-24/h3-10H,1-2,11-20H2. The van der Waals surface area contributed by atoms with Crippen LogP contribution < -0.4 is 9.47 Å².